The average molecular weight is 324 g/mol. The van der Waals surface area contributed by atoms with Crippen LogP contribution in [0.1, 0.15) is 64.7 Å². The third-order valence-electron chi connectivity index (χ3n) is 5.06. The number of nitrogens with zero attached hydrogens (tertiary/aromatic N) is 1. The van der Waals surface area contributed by atoms with E-state index >= 15 is 0 Å². The molecule has 0 aromatic rings. The van der Waals surface area contributed by atoms with Crippen LogP contribution in [0.3, 0.4) is 0 Å². The van der Waals surface area contributed by atoms with E-state index in [1.165, 1.54) is 25.7 Å². The fourth-order valence-electron chi connectivity index (χ4n) is 3.74. The van der Waals surface area contributed by atoms with Crippen LogP contribution in [-0.4, -0.2) is 49.1 Å². The van der Waals surface area contributed by atoms with E-state index in [0.29, 0.717) is 25.0 Å². The topological polar surface area (TPSA) is 58.6 Å². The fraction of sp³-hybridized carbons (Fsp3) is 0.889. The Bertz CT molecular complexity index is 372. The molecule has 0 aromatic heterocycles. The summed E-state index contributed by atoms with van der Waals surface area (Å²) in [6.07, 6.45) is 9.18. The molecule has 0 radical (unpaired) electrons. The number of nitrogens with one attached hydrogen (secondary N) is 1. The van der Waals surface area contributed by atoms with Crippen molar-refractivity contribution in [1.82, 2.24) is 10.2 Å². The van der Waals surface area contributed by atoms with E-state index in [0.717, 1.165) is 45.3 Å². The molecular formula is C18H32N2O3. The van der Waals surface area contributed by atoms with Gasteiger partial charge in [0.05, 0.1) is 6.61 Å². The zero-order valence-corrected chi connectivity index (χ0v) is 14.5. The summed E-state index contributed by atoms with van der Waals surface area (Å²) in [4.78, 5) is 25.8. The maximum absolute atomic E-state index is 12.1. The standard InChI is InChI=1S/C18H32N2O3/c1-2-23-18(22)8-5-11-20-12-9-16(10-13-20)19-17(21)14-15-6-3-4-7-15/h15-16H,2-14H2,1H3,(H,19,21). The molecule has 0 spiro atoms. The van der Waals surface area contributed by atoms with Gasteiger partial charge in [-0.1, -0.05) is 12.8 Å². The quantitative estimate of drug-likeness (QED) is 0.697. The number of ether oxygens (including phenoxy) is 1. The van der Waals surface area contributed by atoms with Gasteiger partial charge < -0.3 is 15.0 Å². The van der Waals surface area contributed by atoms with Crippen LogP contribution in [0, 0.1) is 5.92 Å². The van der Waals surface area contributed by atoms with E-state index in [-0.39, 0.29) is 11.9 Å². The molecule has 0 bridgehead atoms. The third-order valence-corrected chi connectivity index (χ3v) is 5.06. The molecule has 1 heterocycles. The first kappa shape index (κ1) is 18.2. The molecule has 1 saturated heterocycles. The van der Waals surface area contributed by atoms with E-state index in [1.807, 2.05) is 6.92 Å². The highest BCUT2D eigenvalue weighted by atomic mass is 16.5. The first-order chi connectivity index (χ1) is 11.2. The van der Waals surface area contributed by atoms with Crippen molar-refractivity contribution in [3.05, 3.63) is 0 Å². The minimum absolute atomic E-state index is 0.0958. The molecule has 2 aliphatic rings. The van der Waals surface area contributed by atoms with E-state index < -0.39 is 0 Å². The maximum Gasteiger partial charge on any atom is 0.305 e. The maximum atomic E-state index is 12.1. The summed E-state index contributed by atoms with van der Waals surface area (Å²) in [6, 6.07) is 0.338. The summed E-state index contributed by atoms with van der Waals surface area (Å²) in [6.45, 7) is 5.27. The van der Waals surface area contributed by atoms with Gasteiger partial charge >= 0.3 is 5.97 Å². The van der Waals surface area contributed by atoms with Crippen LogP contribution >= 0.6 is 0 Å². The van der Waals surface area contributed by atoms with Crippen LogP contribution in [0.5, 0.6) is 0 Å². The zero-order chi connectivity index (χ0) is 16.5. The monoisotopic (exact) mass is 324 g/mol. The van der Waals surface area contributed by atoms with Crippen LogP contribution in [0.15, 0.2) is 0 Å². The van der Waals surface area contributed by atoms with Crippen molar-refractivity contribution in [3.8, 4) is 0 Å². The molecule has 0 atom stereocenters. The molecule has 1 N–H and O–H groups in total. The lowest BCUT2D eigenvalue weighted by atomic mass is 10.0. The summed E-state index contributed by atoms with van der Waals surface area (Å²) < 4.78 is 4.94. The van der Waals surface area contributed by atoms with Crippen molar-refractivity contribution in [3.63, 3.8) is 0 Å². The highest BCUT2D eigenvalue weighted by molar-refractivity contribution is 5.76. The minimum atomic E-state index is -0.0958. The van der Waals surface area contributed by atoms with Crippen LogP contribution in [0.4, 0.5) is 0 Å². The molecule has 2 fully saturated rings. The second kappa shape index (κ2) is 9.91. The summed E-state index contributed by atoms with van der Waals surface area (Å²) >= 11 is 0. The SMILES string of the molecule is CCOC(=O)CCCN1CCC(NC(=O)CC2CCCC2)CC1. The Hall–Kier alpha value is -1.10. The largest absolute Gasteiger partial charge is 0.466 e. The molecule has 0 aromatic carbocycles. The number of piperidine rings is 1. The van der Waals surface area contributed by atoms with Crippen LogP contribution in [-0.2, 0) is 14.3 Å². The van der Waals surface area contributed by atoms with E-state index in [1.54, 1.807) is 0 Å². The molecule has 1 amide bonds. The summed E-state index contributed by atoms with van der Waals surface area (Å²) in [7, 11) is 0. The van der Waals surface area contributed by atoms with Gasteiger partial charge in [-0.2, -0.15) is 0 Å². The van der Waals surface area contributed by atoms with Gasteiger partial charge in [-0.15, -0.1) is 0 Å². The van der Waals surface area contributed by atoms with Gasteiger partial charge in [-0.25, -0.2) is 0 Å². The predicted octanol–water partition coefficient (Wildman–Crippen LogP) is 2.49. The van der Waals surface area contributed by atoms with Crippen molar-refractivity contribution >= 4 is 11.9 Å². The number of likely N-dealkylation sites (tertiary alicyclic amines) is 1. The number of amides is 1. The van der Waals surface area contributed by atoms with Crippen molar-refractivity contribution in [1.29, 1.82) is 0 Å². The Balaban J connectivity index is 1.54. The highest BCUT2D eigenvalue weighted by Crippen LogP contribution is 2.27. The van der Waals surface area contributed by atoms with Gasteiger partial charge in [0.25, 0.3) is 0 Å². The molecule has 0 unspecified atom stereocenters. The molecule has 2 rings (SSSR count). The molecule has 5 nitrogen and oxygen atoms in total. The van der Waals surface area contributed by atoms with Crippen molar-refractivity contribution in [2.24, 2.45) is 5.92 Å². The summed E-state index contributed by atoms with van der Waals surface area (Å²) in [5.41, 5.74) is 0. The molecule has 132 valence electrons. The zero-order valence-electron chi connectivity index (χ0n) is 14.5. The molecule has 1 aliphatic heterocycles. The first-order valence-electron chi connectivity index (χ1n) is 9.34. The van der Waals surface area contributed by atoms with Crippen molar-refractivity contribution in [2.45, 2.75) is 70.8 Å². The third kappa shape index (κ3) is 6.90. The molecule has 1 saturated carbocycles. The Kier molecular flexibility index (Phi) is 7.86. The first-order valence-corrected chi connectivity index (χ1v) is 9.34. The minimum Gasteiger partial charge on any atom is -0.466 e. The highest BCUT2D eigenvalue weighted by Gasteiger charge is 2.23. The smallest absolute Gasteiger partial charge is 0.305 e. The molecule has 5 heteroatoms. The van der Waals surface area contributed by atoms with Crippen LogP contribution in [0.25, 0.3) is 0 Å². The molecular weight excluding hydrogens is 292 g/mol. The lowest BCUT2D eigenvalue weighted by Gasteiger charge is -2.32. The fourth-order valence-corrected chi connectivity index (χ4v) is 3.74. The van der Waals surface area contributed by atoms with E-state index in [2.05, 4.69) is 10.2 Å². The van der Waals surface area contributed by atoms with Gasteiger partial charge in [-0.05, 0) is 51.5 Å². The number of carbonyl (C=O) groups is 2. The van der Waals surface area contributed by atoms with Gasteiger partial charge in [0.1, 0.15) is 0 Å². The van der Waals surface area contributed by atoms with Gasteiger partial charge in [-0.3, -0.25) is 9.59 Å². The predicted molar refractivity (Wildman–Crippen MR) is 90.0 cm³/mol. The number of esters is 1. The number of carbonyl (C=O) groups excluding carboxylic acids is 2. The second-order valence-corrected chi connectivity index (χ2v) is 6.95. The Morgan fingerprint density at radius 3 is 2.48 bits per heavy atom. The Morgan fingerprint density at radius 2 is 1.83 bits per heavy atom. The lowest BCUT2D eigenvalue weighted by Crippen LogP contribution is -2.45. The second-order valence-electron chi connectivity index (χ2n) is 6.95. The van der Waals surface area contributed by atoms with E-state index in [4.69, 9.17) is 4.74 Å². The molecule has 23 heavy (non-hydrogen) atoms. The Labute approximate surface area is 140 Å². The number of hydrogen-bond donors (Lipinski definition) is 1. The Morgan fingerprint density at radius 1 is 1.13 bits per heavy atom. The normalized spacial score (nSPS) is 20.6. The van der Waals surface area contributed by atoms with Crippen molar-refractivity contribution in [2.75, 3.05) is 26.2 Å². The van der Waals surface area contributed by atoms with Gasteiger partial charge in [0.2, 0.25) is 5.91 Å². The molecule has 1 aliphatic carbocycles. The lowest BCUT2D eigenvalue weighted by molar-refractivity contribution is -0.143. The number of hydrogen-bond acceptors (Lipinski definition) is 4. The van der Waals surface area contributed by atoms with Crippen LogP contribution in [0.2, 0.25) is 0 Å². The van der Waals surface area contributed by atoms with Crippen LogP contribution < -0.4 is 5.32 Å². The van der Waals surface area contributed by atoms with Gasteiger partial charge in [0.15, 0.2) is 0 Å². The number of rotatable bonds is 8. The van der Waals surface area contributed by atoms with Crippen molar-refractivity contribution < 1.29 is 14.3 Å². The summed E-state index contributed by atoms with van der Waals surface area (Å²) in [5.74, 6) is 0.775. The van der Waals surface area contributed by atoms with Gasteiger partial charge in [0, 0.05) is 32.0 Å². The summed E-state index contributed by atoms with van der Waals surface area (Å²) in [5, 5.41) is 3.22. The average Bonchev–Trinajstić information content (AvgIpc) is 3.02. The van der Waals surface area contributed by atoms with E-state index in [9.17, 15) is 9.59 Å².